The Morgan fingerprint density at radius 3 is 2.52 bits per heavy atom. The topological polar surface area (TPSA) is 62.7 Å². The van der Waals surface area contributed by atoms with Crippen molar-refractivity contribution in [3.05, 3.63) is 58.8 Å². The predicted molar refractivity (Wildman–Crippen MR) is 104 cm³/mol. The minimum absolute atomic E-state index is 0.210. The molecule has 0 aliphatic rings. The highest BCUT2D eigenvalue weighted by Crippen LogP contribution is 2.28. The van der Waals surface area contributed by atoms with Crippen molar-refractivity contribution in [2.75, 3.05) is 10.6 Å². The predicted octanol–water partition coefficient (Wildman–Crippen LogP) is 5.41. The Balaban J connectivity index is 1.98. The van der Waals surface area contributed by atoms with Crippen LogP contribution in [0.3, 0.4) is 0 Å². The summed E-state index contributed by atoms with van der Waals surface area (Å²) in [4.78, 5) is 13.2. The van der Waals surface area contributed by atoms with E-state index in [0.29, 0.717) is 21.8 Å². The molecule has 0 spiro atoms. The highest BCUT2D eigenvalue weighted by molar-refractivity contribution is 6.42. The Labute approximate surface area is 156 Å². The van der Waals surface area contributed by atoms with Gasteiger partial charge in [-0.1, -0.05) is 23.2 Å². The van der Waals surface area contributed by atoms with Crippen molar-refractivity contribution in [1.29, 1.82) is 0 Å². The summed E-state index contributed by atoms with van der Waals surface area (Å²) in [7, 11) is 0. The molecule has 0 aliphatic heterocycles. The molecule has 128 valence electrons. The minimum Gasteiger partial charge on any atom is -0.352 e. The lowest BCUT2D eigenvalue weighted by Crippen LogP contribution is -2.13. The molecule has 2 heterocycles. The molecule has 0 amide bonds. The van der Waals surface area contributed by atoms with Gasteiger partial charge < -0.3 is 10.6 Å². The molecule has 0 bridgehead atoms. The average Bonchev–Trinajstić information content (AvgIpc) is 2.58. The number of rotatable bonds is 5. The van der Waals surface area contributed by atoms with Crippen molar-refractivity contribution < 1.29 is 0 Å². The van der Waals surface area contributed by atoms with Crippen molar-refractivity contribution >= 4 is 40.7 Å². The molecule has 5 nitrogen and oxygen atoms in total. The van der Waals surface area contributed by atoms with Crippen LogP contribution in [0.5, 0.6) is 0 Å². The van der Waals surface area contributed by atoms with E-state index in [0.717, 1.165) is 16.9 Å². The summed E-state index contributed by atoms with van der Waals surface area (Å²) in [5, 5.41) is 7.46. The maximum Gasteiger partial charge on any atom is 0.225 e. The van der Waals surface area contributed by atoms with Gasteiger partial charge in [0, 0.05) is 35.8 Å². The van der Waals surface area contributed by atoms with Gasteiger partial charge in [0.1, 0.15) is 5.82 Å². The van der Waals surface area contributed by atoms with Gasteiger partial charge in [-0.15, -0.1) is 0 Å². The van der Waals surface area contributed by atoms with Gasteiger partial charge in [0.2, 0.25) is 5.95 Å². The summed E-state index contributed by atoms with van der Waals surface area (Å²) in [6.07, 6.45) is 3.50. The number of benzene rings is 1. The first-order valence-electron chi connectivity index (χ1n) is 7.79. The molecule has 0 atom stereocenters. The van der Waals surface area contributed by atoms with E-state index in [-0.39, 0.29) is 6.04 Å². The van der Waals surface area contributed by atoms with Crippen LogP contribution < -0.4 is 10.6 Å². The molecule has 0 saturated carbocycles. The van der Waals surface area contributed by atoms with Crippen molar-refractivity contribution in [3.63, 3.8) is 0 Å². The largest absolute Gasteiger partial charge is 0.352 e. The highest BCUT2D eigenvalue weighted by Gasteiger charge is 2.09. The monoisotopic (exact) mass is 373 g/mol. The number of halogens is 2. The Morgan fingerprint density at radius 1 is 1.00 bits per heavy atom. The van der Waals surface area contributed by atoms with Gasteiger partial charge >= 0.3 is 0 Å². The number of aromatic nitrogens is 3. The molecule has 0 fully saturated rings. The first-order valence-corrected chi connectivity index (χ1v) is 8.55. The molecule has 0 aliphatic carbocycles. The molecule has 3 rings (SSSR count). The van der Waals surface area contributed by atoms with E-state index >= 15 is 0 Å². The maximum absolute atomic E-state index is 6.08. The summed E-state index contributed by atoms with van der Waals surface area (Å²) in [6, 6.07) is 11.2. The fourth-order valence-corrected chi connectivity index (χ4v) is 2.52. The number of pyridine rings is 1. The number of nitrogens with one attached hydrogen (secondary N) is 2. The lowest BCUT2D eigenvalue weighted by molar-refractivity contribution is 0.876. The highest BCUT2D eigenvalue weighted by atomic mass is 35.5. The molecule has 2 N–H and O–H groups in total. The number of hydrogen-bond acceptors (Lipinski definition) is 5. The third kappa shape index (κ3) is 4.59. The average molecular weight is 374 g/mol. The van der Waals surface area contributed by atoms with Gasteiger partial charge in [-0.2, -0.15) is 4.98 Å². The van der Waals surface area contributed by atoms with Gasteiger partial charge in [-0.05, 0) is 44.2 Å². The van der Waals surface area contributed by atoms with Crippen molar-refractivity contribution in [2.45, 2.75) is 19.9 Å². The summed E-state index contributed by atoms with van der Waals surface area (Å²) >= 11 is 12.1. The van der Waals surface area contributed by atoms with Crippen LogP contribution in [0.15, 0.2) is 48.8 Å². The molecule has 2 aromatic heterocycles. The Bertz CT molecular complexity index is 869. The fraction of sp³-hybridized carbons (Fsp3) is 0.167. The zero-order valence-corrected chi connectivity index (χ0v) is 15.3. The van der Waals surface area contributed by atoms with Crippen LogP contribution in [0, 0.1) is 0 Å². The third-order valence-corrected chi connectivity index (χ3v) is 4.03. The summed E-state index contributed by atoms with van der Waals surface area (Å²) < 4.78 is 0. The quantitative estimate of drug-likeness (QED) is 0.625. The molecule has 25 heavy (non-hydrogen) atoms. The van der Waals surface area contributed by atoms with Crippen molar-refractivity contribution in [1.82, 2.24) is 15.0 Å². The van der Waals surface area contributed by atoms with Gasteiger partial charge in [0.25, 0.3) is 0 Å². The van der Waals surface area contributed by atoms with E-state index in [9.17, 15) is 0 Å². The van der Waals surface area contributed by atoms with Crippen LogP contribution >= 0.6 is 23.2 Å². The summed E-state index contributed by atoms with van der Waals surface area (Å²) in [5.74, 6) is 1.19. The Kier molecular flexibility index (Phi) is 5.36. The van der Waals surface area contributed by atoms with E-state index < -0.39 is 0 Å². The normalized spacial score (nSPS) is 10.8. The fourth-order valence-electron chi connectivity index (χ4n) is 2.22. The number of nitrogens with zero attached hydrogens (tertiary/aromatic N) is 3. The SMILES string of the molecule is CC(C)Nc1nc(Nc2ccc(Cl)c(Cl)c2)cc(-c2cccnc2)n1. The van der Waals surface area contributed by atoms with Crippen LogP contribution in [0.2, 0.25) is 10.0 Å². The molecule has 0 radical (unpaired) electrons. The molecule has 7 heteroatoms. The van der Waals surface area contributed by atoms with E-state index in [1.807, 2.05) is 38.1 Å². The van der Waals surface area contributed by atoms with Crippen LogP contribution in [0.1, 0.15) is 13.8 Å². The Hall–Kier alpha value is -2.37. The zero-order chi connectivity index (χ0) is 17.8. The van der Waals surface area contributed by atoms with E-state index in [1.54, 1.807) is 24.5 Å². The van der Waals surface area contributed by atoms with Crippen LogP contribution in [-0.2, 0) is 0 Å². The Morgan fingerprint density at radius 2 is 1.84 bits per heavy atom. The third-order valence-electron chi connectivity index (χ3n) is 3.29. The number of anilines is 3. The van der Waals surface area contributed by atoms with Crippen molar-refractivity contribution in [3.8, 4) is 11.3 Å². The van der Waals surface area contributed by atoms with Crippen molar-refractivity contribution in [2.24, 2.45) is 0 Å². The maximum atomic E-state index is 6.08. The van der Waals surface area contributed by atoms with Crippen LogP contribution in [0.4, 0.5) is 17.5 Å². The minimum atomic E-state index is 0.210. The van der Waals surface area contributed by atoms with Crippen LogP contribution in [-0.4, -0.2) is 21.0 Å². The molecular formula is C18H17Cl2N5. The molecule has 3 aromatic rings. The summed E-state index contributed by atoms with van der Waals surface area (Å²) in [5.41, 5.74) is 2.48. The molecule has 0 unspecified atom stereocenters. The lowest BCUT2D eigenvalue weighted by atomic mass is 10.2. The molecular weight excluding hydrogens is 357 g/mol. The second kappa shape index (κ2) is 7.68. The van der Waals surface area contributed by atoms with Gasteiger partial charge in [0.15, 0.2) is 0 Å². The molecule has 0 saturated heterocycles. The molecule has 1 aromatic carbocycles. The van der Waals surface area contributed by atoms with E-state index in [2.05, 4.69) is 25.6 Å². The lowest BCUT2D eigenvalue weighted by Gasteiger charge is -2.13. The smallest absolute Gasteiger partial charge is 0.225 e. The van der Waals surface area contributed by atoms with Crippen LogP contribution in [0.25, 0.3) is 11.3 Å². The van der Waals surface area contributed by atoms with Gasteiger partial charge in [0.05, 0.1) is 15.7 Å². The van der Waals surface area contributed by atoms with Gasteiger partial charge in [-0.25, -0.2) is 4.98 Å². The van der Waals surface area contributed by atoms with E-state index in [4.69, 9.17) is 23.2 Å². The standard InChI is InChI=1S/C18H17Cl2N5/c1-11(2)22-18-24-16(12-4-3-7-21-10-12)9-17(25-18)23-13-5-6-14(19)15(20)8-13/h3-11H,1-2H3,(H2,22,23,24,25). The summed E-state index contributed by atoms with van der Waals surface area (Å²) in [6.45, 7) is 4.07. The van der Waals surface area contributed by atoms with Gasteiger partial charge in [-0.3, -0.25) is 4.98 Å². The second-order valence-electron chi connectivity index (χ2n) is 5.76. The first kappa shape index (κ1) is 17.5. The zero-order valence-electron chi connectivity index (χ0n) is 13.8. The second-order valence-corrected chi connectivity index (χ2v) is 6.57. The van der Waals surface area contributed by atoms with E-state index in [1.165, 1.54) is 0 Å². The number of hydrogen-bond donors (Lipinski definition) is 2. The first-order chi connectivity index (χ1) is 12.0.